The summed E-state index contributed by atoms with van der Waals surface area (Å²) in [4.78, 5) is 38.0. The van der Waals surface area contributed by atoms with Crippen molar-refractivity contribution in [3.8, 4) is 0 Å². The van der Waals surface area contributed by atoms with Crippen molar-refractivity contribution in [1.29, 1.82) is 0 Å². The van der Waals surface area contributed by atoms with Crippen LogP contribution in [-0.2, 0) is 28.0 Å². The first-order chi connectivity index (χ1) is 17.4. The summed E-state index contributed by atoms with van der Waals surface area (Å²) in [5, 5.41) is 16.0. The van der Waals surface area contributed by atoms with Crippen molar-refractivity contribution in [3.63, 3.8) is 0 Å². The Morgan fingerprint density at radius 2 is 1.56 bits per heavy atom. The highest BCUT2D eigenvalue weighted by atomic mass is 16.3. The lowest BCUT2D eigenvalue weighted by atomic mass is 9.95. The zero-order valence-corrected chi connectivity index (χ0v) is 19.8. The molecule has 9 heteroatoms. The number of imide groups is 1. The third kappa shape index (κ3) is 3.98. The molecule has 2 aromatic heterocycles. The minimum atomic E-state index is -0.943. The predicted molar refractivity (Wildman–Crippen MR) is 138 cm³/mol. The molecule has 0 saturated heterocycles. The lowest BCUT2D eigenvalue weighted by Crippen LogP contribution is -2.43. The minimum absolute atomic E-state index is 0.355. The molecule has 1 aliphatic rings. The summed E-state index contributed by atoms with van der Waals surface area (Å²) in [6.07, 6.45) is 4.39. The minimum Gasteiger partial charge on any atom is -0.394 e. The molecule has 2 aromatic carbocycles. The SMILES string of the molecule is Cn1cc(C2=C(c3cn(CCCNC(=O)[C@@H](N)CO)c4ccccc34)C(=O)NC2=O)c2ccccc21. The monoisotopic (exact) mass is 485 g/mol. The molecule has 0 saturated carbocycles. The summed E-state index contributed by atoms with van der Waals surface area (Å²) >= 11 is 0. The van der Waals surface area contributed by atoms with Crippen LogP contribution >= 0.6 is 0 Å². The van der Waals surface area contributed by atoms with Gasteiger partial charge in [0.05, 0.1) is 17.8 Å². The van der Waals surface area contributed by atoms with Gasteiger partial charge < -0.3 is 25.3 Å². The number of para-hydroxylation sites is 2. The first-order valence-corrected chi connectivity index (χ1v) is 11.8. The van der Waals surface area contributed by atoms with Gasteiger partial charge in [-0.25, -0.2) is 0 Å². The Balaban J connectivity index is 1.55. The number of carbonyl (C=O) groups is 3. The lowest BCUT2D eigenvalue weighted by molar-refractivity contribution is -0.124. The number of aliphatic hydroxyl groups excluding tert-OH is 1. The molecule has 4 aromatic rings. The van der Waals surface area contributed by atoms with E-state index in [1.54, 1.807) is 0 Å². The van der Waals surface area contributed by atoms with Crippen molar-refractivity contribution in [2.75, 3.05) is 13.2 Å². The van der Waals surface area contributed by atoms with Crippen LogP contribution in [0, 0.1) is 0 Å². The molecule has 5 rings (SSSR count). The number of aromatic nitrogens is 2. The van der Waals surface area contributed by atoms with Gasteiger partial charge in [0, 0.05) is 65.5 Å². The van der Waals surface area contributed by atoms with Gasteiger partial charge in [0.25, 0.3) is 11.8 Å². The number of nitrogens with two attached hydrogens (primary N) is 1. The maximum absolute atomic E-state index is 13.1. The molecule has 1 atom stereocenters. The second kappa shape index (κ2) is 9.44. The van der Waals surface area contributed by atoms with E-state index in [0.29, 0.717) is 41.8 Å². The molecule has 5 N–H and O–H groups in total. The second-order valence-electron chi connectivity index (χ2n) is 8.89. The van der Waals surface area contributed by atoms with E-state index in [0.717, 1.165) is 21.8 Å². The smallest absolute Gasteiger partial charge is 0.259 e. The van der Waals surface area contributed by atoms with Crippen LogP contribution in [0.15, 0.2) is 60.9 Å². The molecule has 184 valence electrons. The van der Waals surface area contributed by atoms with Crippen LogP contribution in [0.25, 0.3) is 33.0 Å². The van der Waals surface area contributed by atoms with Gasteiger partial charge in [0.15, 0.2) is 0 Å². The van der Waals surface area contributed by atoms with E-state index >= 15 is 0 Å². The quantitative estimate of drug-likeness (QED) is 0.222. The molecule has 36 heavy (non-hydrogen) atoms. The highest BCUT2D eigenvalue weighted by molar-refractivity contribution is 6.50. The lowest BCUT2D eigenvalue weighted by Gasteiger charge is -2.10. The Kier molecular flexibility index (Phi) is 6.17. The van der Waals surface area contributed by atoms with Crippen LogP contribution in [0.2, 0.25) is 0 Å². The molecule has 1 aliphatic heterocycles. The molecule has 0 aliphatic carbocycles. The fourth-order valence-electron chi connectivity index (χ4n) is 4.82. The van der Waals surface area contributed by atoms with Crippen molar-refractivity contribution in [1.82, 2.24) is 19.8 Å². The Hall–Kier alpha value is -4.21. The number of carbonyl (C=O) groups excluding carboxylic acids is 3. The van der Waals surface area contributed by atoms with E-state index in [4.69, 9.17) is 10.8 Å². The summed E-state index contributed by atoms with van der Waals surface area (Å²) in [5.41, 5.74) is 9.55. The van der Waals surface area contributed by atoms with Gasteiger partial charge >= 0.3 is 0 Å². The number of hydrogen-bond acceptors (Lipinski definition) is 5. The fourth-order valence-corrected chi connectivity index (χ4v) is 4.82. The first kappa shape index (κ1) is 23.5. The fraction of sp³-hybridized carbons (Fsp3) is 0.222. The van der Waals surface area contributed by atoms with Crippen LogP contribution in [0.4, 0.5) is 0 Å². The van der Waals surface area contributed by atoms with Gasteiger partial charge in [0.1, 0.15) is 6.04 Å². The number of fused-ring (bicyclic) bond motifs is 2. The van der Waals surface area contributed by atoms with Crippen molar-refractivity contribution < 1.29 is 19.5 Å². The number of aliphatic hydroxyl groups is 1. The number of amides is 3. The number of aryl methyl sites for hydroxylation is 2. The van der Waals surface area contributed by atoms with Crippen LogP contribution in [-0.4, -0.2) is 51.2 Å². The summed E-state index contributed by atoms with van der Waals surface area (Å²) in [6, 6.07) is 14.6. The van der Waals surface area contributed by atoms with Crippen molar-refractivity contribution >= 4 is 50.7 Å². The normalized spacial score (nSPS) is 14.6. The van der Waals surface area contributed by atoms with Crippen molar-refractivity contribution in [3.05, 3.63) is 72.1 Å². The number of hydrogen-bond donors (Lipinski definition) is 4. The summed E-state index contributed by atoms with van der Waals surface area (Å²) in [5.74, 6) is -1.23. The Morgan fingerprint density at radius 3 is 2.22 bits per heavy atom. The highest BCUT2D eigenvalue weighted by Gasteiger charge is 2.35. The molecule has 3 heterocycles. The number of rotatable bonds is 8. The van der Waals surface area contributed by atoms with Gasteiger partial charge in [-0.2, -0.15) is 0 Å². The van der Waals surface area contributed by atoms with Gasteiger partial charge in [-0.1, -0.05) is 36.4 Å². The van der Waals surface area contributed by atoms with Crippen LogP contribution in [0.1, 0.15) is 17.5 Å². The van der Waals surface area contributed by atoms with Crippen molar-refractivity contribution in [2.45, 2.75) is 19.0 Å². The van der Waals surface area contributed by atoms with Crippen LogP contribution in [0.3, 0.4) is 0 Å². The van der Waals surface area contributed by atoms with Gasteiger partial charge in [-0.3, -0.25) is 19.7 Å². The molecule has 0 radical (unpaired) electrons. The third-order valence-electron chi connectivity index (χ3n) is 6.56. The van der Waals surface area contributed by atoms with E-state index in [-0.39, 0.29) is 0 Å². The summed E-state index contributed by atoms with van der Waals surface area (Å²) < 4.78 is 3.97. The highest BCUT2D eigenvalue weighted by Crippen LogP contribution is 2.38. The number of nitrogens with one attached hydrogen (secondary N) is 2. The zero-order chi connectivity index (χ0) is 25.4. The Morgan fingerprint density at radius 1 is 0.972 bits per heavy atom. The van der Waals surface area contributed by atoms with Crippen LogP contribution in [0.5, 0.6) is 0 Å². The molecule has 9 nitrogen and oxygen atoms in total. The molecule has 0 spiro atoms. The third-order valence-corrected chi connectivity index (χ3v) is 6.56. The topological polar surface area (TPSA) is 131 Å². The standard InChI is InChI=1S/C27H27N5O4/c1-31-13-18(16-7-2-4-9-21(16)31)23-24(27(36)30-26(23)35)19-14-32(22-10-5-3-8-17(19)22)12-6-11-29-25(34)20(28)15-33/h2-5,7-10,13-14,20,33H,6,11-12,15,28H2,1H3,(H,29,34)(H,30,35,36)/t20-/m0/s1. The summed E-state index contributed by atoms with van der Waals surface area (Å²) in [6.45, 7) is 0.547. The molecular formula is C27H27N5O4. The van der Waals surface area contributed by atoms with Gasteiger partial charge in [0.2, 0.25) is 5.91 Å². The Bertz CT molecular complexity index is 1540. The average Bonchev–Trinajstić information content (AvgIpc) is 3.51. The van der Waals surface area contributed by atoms with Crippen LogP contribution < -0.4 is 16.4 Å². The van der Waals surface area contributed by atoms with E-state index < -0.39 is 30.4 Å². The maximum atomic E-state index is 13.1. The molecule has 3 amide bonds. The summed E-state index contributed by atoms with van der Waals surface area (Å²) in [7, 11) is 1.92. The average molecular weight is 486 g/mol. The molecule has 0 bridgehead atoms. The van der Waals surface area contributed by atoms with E-state index in [1.807, 2.05) is 77.1 Å². The first-order valence-electron chi connectivity index (χ1n) is 11.8. The van der Waals surface area contributed by atoms with Gasteiger partial charge in [-0.15, -0.1) is 0 Å². The van der Waals surface area contributed by atoms with E-state index in [2.05, 4.69) is 10.6 Å². The molecule has 0 fully saturated rings. The Labute approximate surface area is 207 Å². The largest absolute Gasteiger partial charge is 0.394 e. The zero-order valence-electron chi connectivity index (χ0n) is 19.8. The second-order valence-corrected chi connectivity index (χ2v) is 8.89. The van der Waals surface area contributed by atoms with Gasteiger partial charge in [-0.05, 0) is 18.6 Å². The molecule has 0 unspecified atom stereocenters. The number of nitrogens with zero attached hydrogens (tertiary/aromatic N) is 2. The van der Waals surface area contributed by atoms with E-state index in [9.17, 15) is 14.4 Å². The predicted octanol–water partition coefficient (Wildman–Crippen LogP) is 1.53. The molecular weight excluding hydrogens is 458 g/mol. The maximum Gasteiger partial charge on any atom is 0.259 e. The number of benzene rings is 2. The van der Waals surface area contributed by atoms with Crippen molar-refractivity contribution in [2.24, 2.45) is 12.8 Å². The van der Waals surface area contributed by atoms with E-state index in [1.165, 1.54) is 0 Å².